The standard InChI is InChI=1S/C20H19FN2O2S/c21-15-9-7-14(8-10-15)12-23-19(24)17-5-1-2-6-18(17)22-20(23)26-13-16-4-3-11-25-16/h1-2,5-10,16H,3-4,11-13H2/t16-/m0/s1. The molecule has 4 nitrogen and oxygen atoms in total. The van der Waals surface area contributed by atoms with Gasteiger partial charge < -0.3 is 4.74 Å². The molecule has 0 N–H and O–H groups in total. The van der Waals surface area contributed by atoms with Crippen LogP contribution in [0.1, 0.15) is 18.4 Å². The predicted molar refractivity (Wildman–Crippen MR) is 101 cm³/mol. The molecule has 1 fully saturated rings. The Hall–Kier alpha value is -2.18. The van der Waals surface area contributed by atoms with Gasteiger partial charge in [-0.25, -0.2) is 9.37 Å². The molecule has 0 radical (unpaired) electrons. The number of benzene rings is 2. The molecule has 4 rings (SSSR count). The fourth-order valence-corrected chi connectivity index (χ4v) is 4.18. The van der Waals surface area contributed by atoms with Crippen LogP contribution in [-0.4, -0.2) is 28.0 Å². The maximum atomic E-state index is 13.2. The van der Waals surface area contributed by atoms with E-state index in [1.54, 1.807) is 34.5 Å². The Bertz CT molecular complexity index is 966. The number of fused-ring (bicyclic) bond motifs is 1. The van der Waals surface area contributed by atoms with Crippen LogP contribution >= 0.6 is 11.8 Å². The second kappa shape index (κ2) is 7.60. The molecule has 1 aliphatic heterocycles. The summed E-state index contributed by atoms with van der Waals surface area (Å²) in [5.74, 6) is 0.486. The Morgan fingerprint density at radius 1 is 1.19 bits per heavy atom. The van der Waals surface area contributed by atoms with Gasteiger partial charge in [-0.1, -0.05) is 36.0 Å². The summed E-state index contributed by atoms with van der Waals surface area (Å²) in [6.07, 6.45) is 2.34. The first-order chi connectivity index (χ1) is 12.7. The monoisotopic (exact) mass is 370 g/mol. The highest BCUT2D eigenvalue weighted by molar-refractivity contribution is 7.99. The number of hydrogen-bond acceptors (Lipinski definition) is 4. The lowest BCUT2D eigenvalue weighted by atomic mass is 10.2. The first-order valence-electron chi connectivity index (χ1n) is 8.69. The van der Waals surface area contributed by atoms with Crippen molar-refractivity contribution in [3.05, 3.63) is 70.3 Å². The van der Waals surface area contributed by atoms with Crippen LogP contribution in [0.15, 0.2) is 58.5 Å². The van der Waals surface area contributed by atoms with Crippen molar-refractivity contribution in [2.45, 2.75) is 30.6 Å². The fourth-order valence-electron chi connectivity index (χ4n) is 3.11. The molecule has 134 valence electrons. The lowest BCUT2D eigenvalue weighted by molar-refractivity contribution is 0.129. The summed E-state index contributed by atoms with van der Waals surface area (Å²) >= 11 is 1.55. The molecule has 1 aliphatic rings. The van der Waals surface area contributed by atoms with E-state index in [4.69, 9.17) is 9.72 Å². The third-order valence-corrected chi connectivity index (χ3v) is 5.61. The van der Waals surface area contributed by atoms with Crippen LogP contribution in [0.2, 0.25) is 0 Å². The summed E-state index contributed by atoms with van der Waals surface area (Å²) in [7, 11) is 0. The van der Waals surface area contributed by atoms with Gasteiger partial charge in [0.2, 0.25) is 0 Å². The van der Waals surface area contributed by atoms with Crippen LogP contribution in [0.25, 0.3) is 10.9 Å². The van der Waals surface area contributed by atoms with E-state index in [0.29, 0.717) is 22.6 Å². The molecule has 0 saturated carbocycles. The molecular weight excluding hydrogens is 351 g/mol. The summed E-state index contributed by atoms with van der Waals surface area (Å²) in [6.45, 7) is 1.17. The second-order valence-electron chi connectivity index (χ2n) is 6.38. The first-order valence-corrected chi connectivity index (χ1v) is 9.68. The van der Waals surface area contributed by atoms with Crippen molar-refractivity contribution in [2.24, 2.45) is 0 Å². The molecule has 2 heterocycles. The van der Waals surface area contributed by atoms with E-state index in [1.807, 2.05) is 18.2 Å². The molecule has 0 bridgehead atoms. The lowest BCUT2D eigenvalue weighted by Gasteiger charge is -2.15. The van der Waals surface area contributed by atoms with Crippen molar-refractivity contribution in [3.8, 4) is 0 Å². The average molecular weight is 370 g/mol. The zero-order valence-corrected chi connectivity index (χ0v) is 15.0. The number of hydrogen-bond donors (Lipinski definition) is 0. The third kappa shape index (κ3) is 3.66. The minimum atomic E-state index is -0.286. The van der Waals surface area contributed by atoms with E-state index < -0.39 is 0 Å². The number of thioether (sulfide) groups is 1. The molecule has 6 heteroatoms. The van der Waals surface area contributed by atoms with E-state index in [2.05, 4.69) is 0 Å². The maximum absolute atomic E-state index is 13.2. The minimum absolute atomic E-state index is 0.0743. The summed E-state index contributed by atoms with van der Waals surface area (Å²) in [6, 6.07) is 13.6. The lowest BCUT2D eigenvalue weighted by Crippen LogP contribution is -2.24. The average Bonchev–Trinajstić information content (AvgIpc) is 3.18. The van der Waals surface area contributed by atoms with Crippen molar-refractivity contribution in [1.82, 2.24) is 9.55 Å². The zero-order valence-electron chi connectivity index (χ0n) is 14.2. The Labute approximate surface area is 155 Å². The number of aromatic nitrogens is 2. The summed E-state index contributed by atoms with van der Waals surface area (Å²) in [5.41, 5.74) is 1.49. The predicted octanol–water partition coefficient (Wildman–Crippen LogP) is 3.86. The summed E-state index contributed by atoms with van der Waals surface area (Å²) < 4.78 is 20.5. The minimum Gasteiger partial charge on any atom is -0.377 e. The number of rotatable bonds is 5. The molecule has 0 spiro atoms. The normalized spacial score (nSPS) is 17.0. The van der Waals surface area contributed by atoms with Crippen molar-refractivity contribution >= 4 is 22.7 Å². The molecule has 0 unspecified atom stereocenters. The highest BCUT2D eigenvalue weighted by atomic mass is 32.2. The smallest absolute Gasteiger partial charge is 0.262 e. The van der Waals surface area contributed by atoms with Gasteiger partial charge >= 0.3 is 0 Å². The number of para-hydroxylation sites is 1. The molecule has 1 aromatic heterocycles. The van der Waals surface area contributed by atoms with Gasteiger partial charge in [-0.2, -0.15) is 0 Å². The van der Waals surface area contributed by atoms with Gasteiger partial charge in [0.25, 0.3) is 5.56 Å². The van der Waals surface area contributed by atoms with E-state index in [1.165, 1.54) is 12.1 Å². The Balaban J connectivity index is 1.71. The molecular formula is C20H19FN2O2S. The molecule has 0 amide bonds. The van der Waals surface area contributed by atoms with Gasteiger partial charge in [-0.15, -0.1) is 0 Å². The zero-order chi connectivity index (χ0) is 17.9. The molecule has 0 aliphatic carbocycles. The Kier molecular flexibility index (Phi) is 5.04. The number of nitrogens with zero attached hydrogens (tertiary/aromatic N) is 2. The first kappa shape index (κ1) is 17.2. The van der Waals surface area contributed by atoms with E-state index in [-0.39, 0.29) is 17.5 Å². The summed E-state index contributed by atoms with van der Waals surface area (Å²) in [4.78, 5) is 17.7. The van der Waals surface area contributed by atoms with Gasteiger partial charge in [-0.05, 0) is 42.7 Å². The van der Waals surface area contributed by atoms with Gasteiger partial charge in [0.05, 0.1) is 23.6 Å². The molecule has 2 aromatic carbocycles. The largest absolute Gasteiger partial charge is 0.377 e. The van der Waals surface area contributed by atoms with Gasteiger partial charge in [-0.3, -0.25) is 9.36 Å². The van der Waals surface area contributed by atoms with Crippen LogP contribution in [0.3, 0.4) is 0 Å². The van der Waals surface area contributed by atoms with Crippen LogP contribution < -0.4 is 5.56 Å². The number of halogens is 1. The Morgan fingerprint density at radius 2 is 2.00 bits per heavy atom. The van der Waals surface area contributed by atoms with E-state index in [9.17, 15) is 9.18 Å². The third-order valence-electron chi connectivity index (χ3n) is 4.50. The fraction of sp³-hybridized carbons (Fsp3) is 0.300. The van der Waals surface area contributed by atoms with Crippen LogP contribution in [-0.2, 0) is 11.3 Å². The Morgan fingerprint density at radius 3 is 2.77 bits per heavy atom. The molecule has 3 aromatic rings. The summed E-state index contributed by atoms with van der Waals surface area (Å²) in [5, 5.41) is 1.27. The van der Waals surface area contributed by atoms with Crippen molar-refractivity contribution < 1.29 is 9.13 Å². The van der Waals surface area contributed by atoms with Gasteiger partial charge in [0.15, 0.2) is 5.16 Å². The highest BCUT2D eigenvalue weighted by Crippen LogP contribution is 2.24. The highest BCUT2D eigenvalue weighted by Gasteiger charge is 2.18. The van der Waals surface area contributed by atoms with Gasteiger partial charge in [0, 0.05) is 12.4 Å². The van der Waals surface area contributed by atoms with E-state index in [0.717, 1.165) is 30.8 Å². The van der Waals surface area contributed by atoms with Crippen LogP contribution in [0.4, 0.5) is 4.39 Å². The molecule has 1 atom stereocenters. The maximum Gasteiger partial charge on any atom is 0.262 e. The van der Waals surface area contributed by atoms with Crippen molar-refractivity contribution in [2.75, 3.05) is 12.4 Å². The quantitative estimate of drug-likeness (QED) is 0.505. The van der Waals surface area contributed by atoms with Crippen LogP contribution in [0, 0.1) is 5.82 Å². The molecule has 1 saturated heterocycles. The second-order valence-corrected chi connectivity index (χ2v) is 7.36. The van der Waals surface area contributed by atoms with E-state index >= 15 is 0 Å². The van der Waals surface area contributed by atoms with Crippen molar-refractivity contribution in [1.29, 1.82) is 0 Å². The molecule has 26 heavy (non-hydrogen) atoms. The van der Waals surface area contributed by atoms with Gasteiger partial charge in [0.1, 0.15) is 5.82 Å². The van der Waals surface area contributed by atoms with Crippen molar-refractivity contribution in [3.63, 3.8) is 0 Å². The number of ether oxygens (including phenoxy) is 1. The van der Waals surface area contributed by atoms with Crippen LogP contribution in [0.5, 0.6) is 0 Å². The topological polar surface area (TPSA) is 44.1 Å². The SMILES string of the molecule is O=c1c2ccccc2nc(SC[C@@H]2CCCO2)n1Cc1ccc(F)cc1.